The van der Waals surface area contributed by atoms with Crippen LogP contribution in [0.5, 0.6) is 0 Å². The molecule has 0 atom stereocenters. The molecule has 1 aliphatic carbocycles. The summed E-state index contributed by atoms with van der Waals surface area (Å²) in [5.74, 6) is 1.18. The molecule has 0 heterocycles. The molecule has 2 amide bonds. The van der Waals surface area contributed by atoms with Gasteiger partial charge in [-0.1, -0.05) is 32.6 Å². The van der Waals surface area contributed by atoms with E-state index in [-0.39, 0.29) is 24.9 Å². The van der Waals surface area contributed by atoms with Crippen LogP contribution in [-0.4, -0.2) is 31.4 Å². The predicted molar refractivity (Wildman–Crippen MR) is 70.8 cm³/mol. The number of carbonyl (C=O) groups is 2. The third kappa shape index (κ3) is 6.00. The highest BCUT2D eigenvalue weighted by Gasteiger charge is 2.17. The highest BCUT2D eigenvalue weighted by molar-refractivity contribution is 5.85. The molecule has 0 aliphatic heterocycles. The fourth-order valence-corrected chi connectivity index (χ4v) is 2.35. The van der Waals surface area contributed by atoms with E-state index in [1.54, 1.807) is 0 Å². The van der Waals surface area contributed by atoms with E-state index in [2.05, 4.69) is 17.6 Å². The van der Waals surface area contributed by atoms with Crippen LogP contribution in [0, 0.1) is 11.8 Å². The van der Waals surface area contributed by atoms with Crippen molar-refractivity contribution in [1.82, 2.24) is 10.6 Å². The van der Waals surface area contributed by atoms with Gasteiger partial charge in [0, 0.05) is 6.54 Å². The molecular weight excluding hydrogens is 230 g/mol. The number of hydrogen-bond donors (Lipinski definition) is 3. The maximum absolute atomic E-state index is 11.4. The van der Waals surface area contributed by atoms with Crippen LogP contribution in [0.25, 0.3) is 0 Å². The van der Waals surface area contributed by atoms with Gasteiger partial charge in [0.25, 0.3) is 0 Å². The Morgan fingerprint density at radius 3 is 2.39 bits per heavy atom. The summed E-state index contributed by atoms with van der Waals surface area (Å²) in [5.41, 5.74) is 5.12. The average Bonchev–Trinajstić information content (AvgIpc) is 2.38. The second kappa shape index (κ2) is 8.08. The minimum atomic E-state index is -0.300. The van der Waals surface area contributed by atoms with Crippen molar-refractivity contribution in [3.63, 3.8) is 0 Å². The lowest BCUT2D eigenvalue weighted by Gasteiger charge is -2.26. The van der Waals surface area contributed by atoms with E-state index >= 15 is 0 Å². The molecule has 0 radical (unpaired) electrons. The van der Waals surface area contributed by atoms with Gasteiger partial charge in [0.2, 0.25) is 11.8 Å². The van der Waals surface area contributed by atoms with Gasteiger partial charge in [0.05, 0.1) is 13.1 Å². The van der Waals surface area contributed by atoms with Crippen molar-refractivity contribution in [2.24, 2.45) is 17.6 Å². The largest absolute Gasteiger partial charge is 0.355 e. The molecule has 0 saturated heterocycles. The van der Waals surface area contributed by atoms with Crippen LogP contribution >= 0.6 is 0 Å². The number of carbonyl (C=O) groups excluding carboxylic acids is 2. The third-order valence-corrected chi connectivity index (χ3v) is 3.64. The van der Waals surface area contributed by atoms with Gasteiger partial charge in [0.1, 0.15) is 0 Å². The first-order valence-electron chi connectivity index (χ1n) is 6.85. The zero-order valence-electron chi connectivity index (χ0n) is 11.2. The molecule has 1 aliphatic rings. The second-order valence-electron chi connectivity index (χ2n) is 5.25. The first-order chi connectivity index (χ1) is 8.61. The summed E-state index contributed by atoms with van der Waals surface area (Å²) in [6.45, 7) is 2.96. The molecule has 0 spiro atoms. The summed E-state index contributed by atoms with van der Waals surface area (Å²) >= 11 is 0. The molecule has 0 unspecified atom stereocenters. The predicted octanol–water partition coefficient (Wildman–Crippen LogP) is 0.394. The first kappa shape index (κ1) is 15.0. The van der Waals surface area contributed by atoms with E-state index in [1.165, 1.54) is 25.7 Å². The minimum absolute atomic E-state index is 0.0255. The quantitative estimate of drug-likeness (QED) is 0.642. The fourth-order valence-electron chi connectivity index (χ4n) is 2.35. The zero-order chi connectivity index (χ0) is 13.4. The van der Waals surface area contributed by atoms with Crippen molar-refractivity contribution >= 4 is 11.8 Å². The van der Waals surface area contributed by atoms with Crippen LogP contribution in [0.15, 0.2) is 0 Å². The molecular formula is C13H25N3O2. The topological polar surface area (TPSA) is 84.2 Å². The first-order valence-corrected chi connectivity index (χ1v) is 6.85. The lowest BCUT2D eigenvalue weighted by molar-refractivity contribution is -0.125. The summed E-state index contributed by atoms with van der Waals surface area (Å²) in [5, 5.41) is 5.28. The Kier molecular flexibility index (Phi) is 6.72. The standard InChI is InChI=1S/C13H25N3O2/c1-10-2-4-11(5-3-10)6-7-15-13(18)9-16-12(17)8-14/h10-11H,2-9,14H2,1H3,(H,15,18)(H,16,17). The summed E-state index contributed by atoms with van der Waals surface area (Å²) in [4.78, 5) is 22.2. The van der Waals surface area contributed by atoms with E-state index < -0.39 is 0 Å². The van der Waals surface area contributed by atoms with Crippen LogP contribution < -0.4 is 16.4 Å². The molecule has 0 aromatic carbocycles. The number of hydrogen-bond acceptors (Lipinski definition) is 3. The van der Waals surface area contributed by atoms with Gasteiger partial charge in [-0.2, -0.15) is 0 Å². The Morgan fingerprint density at radius 1 is 1.11 bits per heavy atom. The monoisotopic (exact) mass is 255 g/mol. The maximum atomic E-state index is 11.4. The van der Waals surface area contributed by atoms with Crippen molar-refractivity contribution in [2.45, 2.75) is 39.0 Å². The highest BCUT2D eigenvalue weighted by atomic mass is 16.2. The summed E-state index contributed by atoms with van der Waals surface area (Å²) < 4.78 is 0. The molecule has 0 aromatic heterocycles. The van der Waals surface area contributed by atoms with Gasteiger partial charge < -0.3 is 16.4 Å². The Bertz CT molecular complexity index is 273. The van der Waals surface area contributed by atoms with E-state index in [0.29, 0.717) is 6.54 Å². The molecule has 0 aromatic rings. The van der Waals surface area contributed by atoms with Gasteiger partial charge in [0.15, 0.2) is 0 Å². The molecule has 1 rings (SSSR count). The highest BCUT2D eigenvalue weighted by Crippen LogP contribution is 2.29. The third-order valence-electron chi connectivity index (χ3n) is 3.64. The smallest absolute Gasteiger partial charge is 0.239 e. The maximum Gasteiger partial charge on any atom is 0.239 e. The van der Waals surface area contributed by atoms with Crippen molar-refractivity contribution in [1.29, 1.82) is 0 Å². The number of nitrogens with one attached hydrogen (secondary N) is 2. The van der Waals surface area contributed by atoms with Gasteiger partial charge in [-0.15, -0.1) is 0 Å². The zero-order valence-corrected chi connectivity index (χ0v) is 11.2. The van der Waals surface area contributed by atoms with Crippen LogP contribution in [-0.2, 0) is 9.59 Å². The number of amides is 2. The number of nitrogens with two attached hydrogens (primary N) is 1. The van der Waals surface area contributed by atoms with E-state index in [0.717, 1.165) is 18.3 Å². The lowest BCUT2D eigenvalue weighted by atomic mass is 9.81. The Morgan fingerprint density at radius 2 is 1.78 bits per heavy atom. The van der Waals surface area contributed by atoms with E-state index in [9.17, 15) is 9.59 Å². The summed E-state index contributed by atoms with van der Waals surface area (Å²) in [6, 6.07) is 0. The van der Waals surface area contributed by atoms with Crippen molar-refractivity contribution in [3.8, 4) is 0 Å². The van der Waals surface area contributed by atoms with Gasteiger partial charge in [-0.3, -0.25) is 9.59 Å². The van der Waals surface area contributed by atoms with Gasteiger partial charge >= 0.3 is 0 Å². The molecule has 4 N–H and O–H groups in total. The van der Waals surface area contributed by atoms with E-state index in [4.69, 9.17) is 5.73 Å². The van der Waals surface area contributed by atoms with Gasteiger partial charge in [-0.05, 0) is 18.3 Å². The van der Waals surface area contributed by atoms with Crippen molar-refractivity contribution < 1.29 is 9.59 Å². The SMILES string of the molecule is CC1CCC(CCNC(=O)CNC(=O)CN)CC1. The Hall–Kier alpha value is -1.10. The Labute approximate surface area is 109 Å². The fraction of sp³-hybridized carbons (Fsp3) is 0.846. The van der Waals surface area contributed by atoms with Crippen LogP contribution in [0.1, 0.15) is 39.0 Å². The molecule has 104 valence electrons. The number of rotatable bonds is 6. The summed E-state index contributed by atoms with van der Waals surface area (Å²) in [7, 11) is 0. The molecule has 1 saturated carbocycles. The average molecular weight is 255 g/mol. The van der Waals surface area contributed by atoms with Crippen LogP contribution in [0.4, 0.5) is 0 Å². The molecule has 18 heavy (non-hydrogen) atoms. The van der Waals surface area contributed by atoms with Crippen molar-refractivity contribution in [2.75, 3.05) is 19.6 Å². The minimum Gasteiger partial charge on any atom is -0.355 e. The molecule has 5 heteroatoms. The lowest BCUT2D eigenvalue weighted by Crippen LogP contribution is -2.40. The molecule has 0 bridgehead atoms. The van der Waals surface area contributed by atoms with Crippen LogP contribution in [0.3, 0.4) is 0 Å². The normalized spacial score (nSPS) is 23.4. The molecule has 5 nitrogen and oxygen atoms in total. The summed E-state index contributed by atoms with van der Waals surface area (Å²) in [6.07, 6.45) is 6.22. The van der Waals surface area contributed by atoms with Crippen molar-refractivity contribution in [3.05, 3.63) is 0 Å². The Balaban J connectivity index is 2.03. The van der Waals surface area contributed by atoms with Gasteiger partial charge in [-0.25, -0.2) is 0 Å². The second-order valence-corrected chi connectivity index (χ2v) is 5.25. The molecule has 1 fully saturated rings. The van der Waals surface area contributed by atoms with Crippen LogP contribution in [0.2, 0.25) is 0 Å². The van der Waals surface area contributed by atoms with E-state index in [1.807, 2.05) is 0 Å².